The maximum absolute atomic E-state index is 11.6. The van der Waals surface area contributed by atoms with Gasteiger partial charge in [0.05, 0.1) is 12.8 Å². The number of nitrogens with zero attached hydrogens (tertiary/aromatic N) is 2. The number of carbonyl (C=O) groups excluding carboxylic acids is 2. The van der Waals surface area contributed by atoms with Gasteiger partial charge in [-0.15, -0.1) is 13.2 Å². The largest absolute Gasteiger partial charge is 0.489 e. The number of amides is 2. The minimum Gasteiger partial charge on any atom is -0.489 e. The topological polar surface area (TPSA) is 68.3 Å². The Kier molecular flexibility index (Phi) is 4.84. The lowest BCUT2D eigenvalue weighted by Gasteiger charge is -2.33. The average Bonchev–Trinajstić information content (AvgIpc) is 3.13. The lowest BCUT2D eigenvalue weighted by Crippen LogP contribution is -2.52. The third-order valence-electron chi connectivity index (χ3n) is 5.15. The van der Waals surface area contributed by atoms with Gasteiger partial charge in [-0.1, -0.05) is 17.9 Å². The highest BCUT2D eigenvalue weighted by atomic mass is 16.5. The molecule has 146 valence electrons. The van der Waals surface area contributed by atoms with Gasteiger partial charge in [0.25, 0.3) is 0 Å². The van der Waals surface area contributed by atoms with E-state index in [4.69, 9.17) is 14.2 Å². The van der Waals surface area contributed by atoms with E-state index in [9.17, 15) is 9.59 Å². The molecule has 0 N–H and O–H groups in total. The first-order chi connectivity index (χ1) is 13.6. The van der Waals surface area contributed by atoms with Gasteiger partial charge in [-0.05, 0) is 24.6 Å². The smallest absolute Gasteiger partial charge is 0.232 e. The summed E-state index contributed by atoms with van der Waals surface area (Å²) in [6.07, 6.45) is 11.6. The van der Waals surface area contributed by atoms with Crippen LogP contribution in [0.4, 0.5) is 0 Å². The Morgan fingerprint density at radius 3 is 2.11 bits per heavy atom. The number of carbonyl (C=O) groups is 2. The van der Waals surface area contributed by atoms with Crippen LogP contribution in [0.1, 0.15) is 19.3 Å². The van der Waals surface area contributed by atoms with E-state index < -0.39 is 0 Å². The van der Waals surface area contributed by atoms with E-state index in [0.29, 0.717) is 31.6 Å². The minimum absolute atomic E-state index is 0.0790. The van der Waals surface area contributed by atoms with Crippen molar-refractivity contribution in [1.82, 2.24) is 9.80 Å². The van der Waals surface area contributed by atoms with E-state index in [-0.39, 0.29) is 36.4 Å². The molecule has 0 aliphatic carbocycles. The van der Waals surface area contributed by atoms with Crippen molar-refractivity contribution in [1.29, 1.82) is 0 Å². The van der Waals surface area contributed by atoms with Gasteiger partial charge in [0.1, 0.15) is 36.5 Å². The Morgan fingerprint density at radius 2 is 1.57 bits per heavy atom. The predicted octanol–water partition coefficient (Wildman–Crippen LogP) is 2.12. The average molecular weight is 382 g/mol. The molecule has 28 heavy (non-hydrogen) atoms. The first kappa shape index (κ1) is 18.2. The fraction of sp³-hybridized carbons (Fsp3) is 0.381. The highest BCUT2D eigenvalue weighted by Crippen LogP contribution is 2.37. The van der Waals surface area contributed by atoms with Crippen molar-refractivity contribution in [2.45, 2.75) is 43.8 Å². The van der Waals surface area contributed by atoms with Crippen molar-refractivity contribution < 1.29 is 23.8 Å². The monoisotopic (exact) mass is 382 g/mol. The molecule has 0 spiro atoms. The number of hydrogen-bond acceptors (Lipinski definition) is 5. The molecule has 4 aliphatic heterocycles. The molecule has 4 heterocycles. The Labute approximate surface area is 163 Å². The maximum Gasteiger partial charge on any atom is 0.232 e. The molecule has 4 unspecified atom stereocenters. The molecule has 7 heteroatoms. The summed E-state index contributed by atoms with van der Waals surface area (Å²) < 4.78 is 16.8. The fourth-order valence-corrected chi connectivity index (χ4v) is 3.71. The highest BCUT2D eigenvalue weighted by molar-refractivity contribution is 5.84. The molecule has 0 aromatic carbocycles. The number of hydrogen-bond donors (Lipinski definition) is 0. The second-order valence-electron chi connectivity index (χ2n) is 6.79. The summed E-state index contributed by atoms with van der Waals surface area (Å²) in [6, 6.07) is -0.378. The van der Waals surface area contributed by atoms with Gasteiger partial charge >= 0.3 is 0 Å². The molecule has 4 aliphatic rings. The van der Waals surface area contributed by atoms with E-state index in [1.165, 1.54) is 6.26 Å². The third-order valence-corrected chi connectivity index (χ3v) is 5.15. The summed E-state index contributed by atoms with van der Waals surface area (Å²) in [5.74, 6) is 1.62. The second-order valence-corrected chi connectivity index (χ2v) is 6.79. The van der Waals surface area contributed by atoms with Crippen molar-refractivity contribution in [3.8, 4) is 0 Å². The molecule has 4 fully saturated rings. The van der Waals surface area contributed by atoms with Gasteiger partial charge in [-0.25, -0.2) is 0 Å². The molecular formula is C21H22N2O5. The molecule has 0 radical (unpaired) electrons. The van der Waals surface area contributed by atoms with Crippen LogP contribution in [0.3, 0.4) is 0 Å². The van der Waals surface area contributed by atoms with Crippen molar-refractivity contribution >= 4 is 11.8 Å². The molecule has 0 aromatic heterocycles. The lowest BCUT2D eigenvalue weighted by molar-refractivity contribution is -0.156. The lowest BCUT2D eigenvalue weighted by atomic mass is 10.1. The standard InChI is InChI=1S/C21H22N2O5/c1-3-14-16(27-20-12-18(24)22(14)20)8-6-5-7-10-26-11-9-17-15(4-2)23-19(25)13-21(23)28-17/h3-5,8-10,14-15,20-21H,1-2,6,11-13H2/b16-8-,17-9-. The zero-order valence-electron chi connectivity index (χ0n) is 15.5. The summed E-state index contributed by atoms with van der Waals surface area (Å²) in [4.78, 5) is 26.5. The van der Waals surface area contributed by atoms with Gasteiger partial charge in [0.2, 0.25) is 11.8 Å². The van der Waals surface area contributed by atoms with Crippen molar-refractivity contribution in [3.63, 3.8) is 0 Å². The minimum atomic E-state index is -0.205. The predicted molar refractivity (Wildman–Crippen MR) is 100 cm³/mol. The molecule has 0 saturated carbocycles. The number of fused-ring (bicyclic) bond motifs is 2. The molecule has 7 nitrogen and oxygen atoms in total. The number of β-lactam (4-membered cyclic amide) rings is 2. The Bertz CT molecular complexity index is 836. The SMILES string of the molecule is C=CC1/C(=C/CC=C=COC/C=C2\OC3CC(=O)N3C2C=C)OC2CC(=O)N21. The van der Waals surface area contributed by atoms with Gasteiger partial charge in [0.15, 0.2) is 12.5 Å². The van der Waals surface area contributed by atoms with Crippen molar-refractivity contribution in [2.24, 2.45) is 0 Å². The van der Waals surface area contributed by atoms with Crippen LogP contribution in [0.2, 0.25) is 0 Å². The molecule has 0 bridgehead atoms. The maximum atomic E-state index is 11.6. The molecule has 4 rings (SSSR count). The third kappa shape index (κ3) is 3.04. The quantitative estimate of drug-likeness (QED) is 0.222. The molecular weight excluding hydrogens is 360 g/mol. The van der Waals surface area contributed by atoms with Crippen LogP contribution in [0, 0.1) is 0 Å². The highest BCUT2D eigenvalue weighted by Gasteiger charge is 2.50. The Balaban J connectivity index is 1.24. The summed E-state index contributed by atoms with van der Waals surface area (Å²) in [5, 5.41) is 0. The van der Waals surface area contributed by atoms with Gasteiger partial charge in [-0.2, -0.15) is 0 Å². The van der Waals surface area contributed by atoms with E-state index in [1.54, 1.807) is 28.0 Å². The fourth-order valence-electron chi connectivity index (χ4n) is 3.71. The zero-order chi connectivity index (χ0) is 19.7. The van der Waals surface area contributed by atoms with Gasteiger partial charge < -0.3 is 14.2 Å². The molecule has 4 saturated heterocycles. The Hall–Kier alpha value is -3.18. The van der Waals surface area contributed by atoms with E-state index >= 15 is 0 Å². The summed E-state index contributed by atoms with van der Waals surface area (Å²) >= 11 is 0. The van der Waals surface area contributed by atoms with Gasteiger partial charge in [-0.3, -0.25) is 19.4 Å². The van der Waals surface area contributed by atoms with E-state index in [2.05, 4.69) is 18.9 Å². The van der Waals surface area contributed by atoms with Crippen LogP contribution >= 0.6 is 0 Å². The summed E-state index contributed by atoms with van der Waals surface area (Å²) in [7, 11) is 0. The van der Waals surface area contributed by atoms with Crippen LogP contribution in [-0.4, -0.2) is 52.8 Å². The summed E-state index contributed by atoms with van der Waals surface area (Å²) in [5.41, 5.74) is 2.94. The number of ether oxygens (including phenoxy) is 3. The molecule has 4 atom stereocenters. The van der Waals surface area contributed by atoms with Crippen molar-refractivity contribution in [3.05, 3.63) is 67.0 Å². The normalized spacial score (nSPS) is 32.4. The van der Waals surface area contributed by atoms with Crippen LogP contribution in [0.15, 0.2) is 67.0 Å². The summed E-state index contributed by atoms with van der Waals surface area (Å²) in [6.45, 7) is 7.85. The van der Waals surface area contributed by atoms with Crippen LogP contribution in [0.5, 0.6) is 0 Å². The number of rotatable bonds is 7. The van der Waals surface area contributed by atoms with Gasteiger partial charge in [0, 0.05) is 0 Å². The van der Waals surface area contributed by atoms with Crippen LogP contribution < -0.4 is 0 Å². The first-order valence-corrected chi connectivity index (χ1v) is 9.26. The van der Waals surface area contributed by atoms with Crippen LogP contribution in [0.25, 0.3) is 0 Å². The first-order valence-electron chi connectivity index (χ1n) is 9.26. The second kappa shape index (κ2) is 7.44. The van der Waals surface area contributed by atoms with E-state index in [0.717, 1.165) is 5.76 Å². The van der Waals surface area contributed by atoms with E-state index in [1.807, 2.05) is 12.2 Å². The number of allylic oxidation sites excluding steroid dienone is 2. The molecule has 2 amide bonds. The Morgan fingerprint density at radius 1 is 1.00 bits per heavy atom. The van der Waals surface area contributed by atoms with Crippen LogP contribution in [-0.2, 0) is 23.8 Å². The van der Waals surface area contributed by atoms with Crippen molar-refractivity contribution in [2.75, 3.05) is 6.61 Å². The molecule has 0 aromatic rings. The zero-order valence-corrected chi connectivity index (χ0v) is 15.5.